The smallest absolute Gasteiger partial charge is 0.471 e. The zero-order chi connectivity index (χ0) is 65.7. The standard InChI is InChI=1S/C55H68F3N9O22/c1-29-41(44-37(20-19-36(87-44)24-60-48(71)55(56,57)58)62-50(73)84-26-31-9-15-34(16-10-31)66(79)80)38(63-51(74)85-27-32-11-17-35(18-12-32)67(81)82)23-39(43(29)88-47-42(69)45(54(5,76)28-86-47)64(6)52(75)89-53(2,3)4)61-46(70)40(68)21-22-59-49(72)83-25-30-7-13-33(14-8-30)65(77)78/h7-19,29,37-45,47,68-69,76H,20-28H2,1-6H3,(H,59,72)(H,60,71)(H,61,70)(H,62,73)(H,63,74)/t29-,37+,38-,39+,40-,41?,42+,43+,44-,45+,47+,54-/m0/s1. The van der Waals surface area contributed by atoms with E-state index in [-0.39, 0.29) is 48.0 Å². The van der Waals surface area contributed by atoms with Gasteiger partial charge in [0.1, 0.15) is 55.1 Å². The highest BCUT2D eigenvalue weighted by molar-refractivity contribution is 5.82. The Kier molecular flexibility index (Phi) is 23.1. The molecule has 2 heterocycles. The first-order valence-corrected chi connectivity index (χ1v) is 27.5. The predicted molar refractivity (Wildman–Crippen MR) is 297 cm³/mol. The van der Waals surface area contributed by atoms with E-state index in [9.17, 15) is 87.6 Å². The number of aliphatic hydroxyl groups is 3. The number of rotatable bonds is 22. The molecule has 0 spiro atoms. The fraction of sp³-hybridized carbons (Fsp3) is 0.527. The largest absolute Gasteiger partial charge is 0.491 e. The van der Waals surface area contributed by atoms with Crippen molar-refractivity contribution in [2.45, 2.75) is 146 Å². The van der Waals surface area contributed by atoms with Gasteiger partial charge in [0.25, 0.3) is 17.1 Å². The van der Waals surface area contributed by atoms with E-state index in [1.165, 1.54) is 87.6 Å². The average molecular weight is 1260 g/mol. The fourth-order valence-corrected chi connectivity index (χ4v) is 10.2. The van der Waals surface area contributed by atoms with Crippen molar-refractivity contribution >= 4 is 53.2 Å². The topological polar surface area (TPSA) is 421 Å². The second-order valence-corrected chi connectivity index (χ2v) is 22.4. The summed E-state index contributed by atoms with van der Waals surface area (Å²) in [6.07, 6.45) is -18.3. The number of amides is 6. The van der Waals surface area contributed by atoms with Crippen LogP contribution in [-0.4, -0.2) is 170 Å². The third-order valence-corrected chi connectivity index (χ3v) is 14.5. The predicted octanol–water partition coefficient (Wildman–Crippen LogP) is 4.56. The number of halogens is 3. The molecule has 0 bridgehead atoms. The van der Waals surface area contributed by atoms with Gasteiger partial charge < -0.3 is 80.0 Å². The van der Waals surface area contributed by atoms with Gasteiger partial charge in [-0.3, -0.25) is 39.9 Å². The number of nitro benzene ring substituents is 3. The number of alkyl halides is 3. The quantitative estimate of drug-likeness (QED) is 0.0388. The average Bonchev–Trinajstić information content (AvgIpc) is 1.25. The monoisotopic (exact) mass is 1260 g/mol. The van der Waals surface area contributed by atoms with E-state index in [0.717, 1.165) is 17.0 Å². The number of likely N-dealkylation sites (N-methyl/N-ethyl adjacent to an activating group) is 1. The van der Waals surface area contributed by atoms with Crippen LogP contribution in [0.3, 0.4) is 0 Å². The van der Waals surface area contributed by atoms with Crippen molar-refractivity contribution in [1.29, 1.82) is 0 Å². The second kappa shape index (κ2) is 29.8. The van der Waals surface area contributed by atoms with Crippen molar-refractivity contribution in [3.8, 4) is 0 Å². The van der Waals surface area contributed by atoms with Crippen molar-refractivity contribution in [3.05, 3.63) is 132 Å². The SMILES string of the molecule is C[C@H]1C([C@H]2OC(CNC(=O)C(F)(F)F)=CC[C@H]2NC(=O)OCc2ccc([N+](=O)[O-])cc2)[C@@H](NC(=O)OCc2ccc([N+](=O)[O-])cc2)C[C@@H](NC(=O)[C@@H](O)CCNC(=O)OCc2ccc([N+](=O)[O-])cc2)[C@@H]1O[C@H]1OC[C@](C)(O)[C@H](N(C)C(=O)OC(C)(C)C)[C@H]1O. The summed E-state index contributed by atoms with van der Waals surface area (Å²) in [5.74, 6) is -6.25. The van der Waals surface area contributed by atoms with Gasteiger partial charge >= 0.3 is 36.5 Å². The number of ether oxygens (including phenoxy) is 7. The molecule has 0 radical (unpaired) electrons. The van der Waals surface area contributed by atoms with E-state index in [4.69, 9.17) is 33.2 Å². The Balaban J connectivity index is 1.36. The number of nitrogens with zero attached hydrogens (tertiary/aromatic N) is 4. The van der Waals surface area contributed by atoms with Gasteiger partial charge in [0.15, 0.2) is 6.29 Å². The number of non-ortho nitro benzene ring substituents is 3. The zero-order valence-corrected chi connectivity index (χ0v) is 48.7. The molecule has 6 amide bonds. The van der Waals surface area contributed by atoms with E-state index < -0.39 is 174 Å². The number of carbonyl (C=O) groups is 6. The summed E-state index contributed by atoms with van der Waals surface area (Å²) in [5, 5.41) is 80.8. The van der Waals surface area contributed by atoms with Crippen molar-refractivity contribution in [3.63, 3.8) is 0 Å². The Bertz CT molecular complexity index is 3060. The normalized spacial score (nSPS) is 24.6. The number of aliphatic hydroxyl groups excluding tert-OH is 2. The summed E-state index contributed by atoms with van der Waals surface area (Å²) in [5.41, 5.74) is -2.80. The van der Waals surface area contributed by atoms with Crippen molar-refractivity contribution in [1.82, 2.24) is 31.5 Å². The van der Waals surface area contributed by atoms with Gasteiger partial charge in [0.2, 0.25) is 5.91 Å². The maximum Gasteiger partial charge on any atom is 0.471 e. The minimum Gasteiger partial charge on any atom is -0.491 e. The highest BCUT2D eigenvalue weighted by Crippen LogP contribution is 2.42. The van der Waals surface area contributed by atoms with Crippen LogP contribution >= 0.6 is 0 Å². The van der Waals surface area contributed by atoms with Crippen molar-refractivity contribution in [2.24, 2.45) is 11.8 Å². The first-order chi connectivity index (χ1) is 41.7. The fourth-order valence-electron chi connectivity index (χ4n) is 10.2. The summed E-state index contributed by atoms with van der Waals surface area (Å²) in [6.45, 7) is 4.38. The lowest BCUT2D eigenvalue weighted by Crippen LogP contribution is -2.69. The molecule has 1 aliphatic carbocycles. The Morgan fingerprint density at radius 3 is 1.71 bits per heavy atom. The Labute approximate surface area is 504 Å². The lowest BCUT2D eigenvalue weighted by molar-refractivity contribution is -0.385. The molecule has 31 nitrogen and oxygen atoms in total. The molecule has 8 N–H and O–H groups in total. The van der Waals surface area contributed by atoms with Crippen molar-refractivity contribution < 1.29 is 105 Å². The Hall–Kier alpha value is -8.99. The summed E-state index contributed by atoms with van der Waals surface area (Å²) in [6, 6.07) is 9.46. The van der Waals surface area contributed by atoms with Gasteiger partial charge in [-0.25, -0.2) is 19.2 Å². The number of alkyl carbamates (subject to hydrolysis) is 3. The van der Waals surface area contributed by atoms with Crippen molar-refractivity contribution in [2.75, 3.05) is 26.7 Å². The van der Waals surface area contributed by atoms with E-state index in [1.54, 1.807) is 26.1 Å². The summed E-state index contributed by atoms with van der Waals surface area (Å²) >= 11 is 0. The van der Waals surface area contributed by atoms with Crippen LogP contribution < -0.4 is 26.6 Å². The highest BCUT2D eigenvalue weighted by atomic mass is 19.4. The third-order valence-electron chi connectivity index (χ3n) is 14.5. The third kappa shape index (κ3) is 19.5. The van der Waals surface area contributed by atoms with E-state index in [0.29, 0.717) is 11.1 Å². The number of hydrogen-bond donors (Lipinski definition) is 8. The molecule has 3 aromatic rings. The number of benzene rings is 3. The number of carbonyl (C=O) groups excluding carboxylic acids is 6. The lowest BCUT2D eigenvalue weighted by Gasteiger charge is -2.52. The van der Waals surface area contributed by atoms with Crippen LogP contribution in [0.5, 0.6) is 0 Å². The molecule has 3 aliphatic rings. The maximum atomic E-state index is 14.2. The molecule has 1 saturated carbocycles. The Morgan fingerprint density at radius 2 is 1.24 bits per heavy atom. The Morgan fingerprint density at radius 1 is 0.753 bits per heavy atom. The van der Waals surface area contributed by atoms with Crippen LogP contribution in [0.25, 0.3) is 0 Å². The van der Waals surface area contributed by atoms with Crippen LogP contribution in [0.15, 0.2) is 84.6 Å². The van der Waals surface area contributed by atoms with Gasteiger partial charge in [0, 0.05) is 62.0 Å². The van der Waals surface area contributed by atoms with E-state index in [1.807, 2.05) is 0 Å². The molecule has 34 heteroatoms. The molecule has 6 rings (SSSR count). The molecule has 3 aromatic carbocycles. The number of nitrogens with one attached hydrogen (secondary N) is 5. The van der Waals surface area contributed by atoms with Crippen LogP contribution in [0.4, 0.5) is 49.4 Å². The molecule has 1 unspecified atom stereocenters. The molecule has 0 aromatic heterocycles. The molecule has 2 fully saturated rings. The van der Waals surface area contributed by atoms with E-state index >= 15 is 0 Å². The van der Waals surface area contributed by atoms with Gasteiger partial charge in [-0.05, 0) is 112 Å². The number of hydrogen-bond acceptors (Lipinski definition) is 22. The molecular formula is C55H68F3N9O22. The van der Waals surface area contributed by atoms with E-state index in [2.05, 4.69) is 21.3 Å². The van der Waals surface area contributed by atoms with Gasteiger partial charge in [-0.1, -0.05) is 6.92 Å². The maximum absolute atomic E-state index is 14.2. The van der Waals surface area contributed by atoms with Crippen LogP contribution in [0.1, 0.15) is 70.6 Å². The minimum absolute atomic E-state index is 0.202. The molecule has 12 atom stereocenters. The first-order valence-electron chi connectivity index (χ1n) is 27.5. The molecule has 1 saturated heterocycles. The summed E-state index contributed by atoms with van der Waals surface area (Å²) in [7, 11) is 1.24. The van der Waals surface area contributed by atoms with Crippen LogP contribution in [-0.2, 0) is 62.6 Å². The van der Waals surface area contributed by atoms with Gasteiger partial charge in [0.05, 0.1) is 52.2 Å². The molecule has 486 valence electrons. The zero-order valence-electron chi connectivity index (χ0n) is 48.7. The molecular weight excluding hydrogens is 1200 g/mol. The van der Waals surface area contributed by atoms with Gasteiger partial charge in [-0.2, -0.15) is 13.2 Å². The molecule has 89 heavy (non-hydrogen) atoms. The summed E-state index contributed by atoms with van der Waals surface area (Å²) in [4.78, 5) is 113. The second-order valence-electron chi connectivity index (χ2n) is 22.4. The number of nitro groups is 3. The molecule has 2 aliphatic heterocycles. The summed E-state index contributed by atoms with van der Waals surface area (Å²) < 4.78 is 81.2. The van der Waals surface area contributed by atoms with Crippen LogP contribution in [0, 0.1) is 42.2 Å². The lowest BCUT2D eigenvalue weighted by atomic mass is 9.68. The first kappa shape index (κ1) is 69.1. The minimum atomic E-state index is -5.34. The highest BCUT2D eigenvalue weighted by Gasteiger charge is 2.56. The van der Waals surface area contributed by atoms with Crippen LogP contribution in [0.2, 0.25) is 0 Å². The van der Waals surface area contributed by atoms with Gasteiger partial charge in [-0.15, -0.1) is 0 Å².